The normalized spacial score (nSPS) is 18.8. The Morgan fingerprint density at radius 1 is 1.44 bits per heavy atom. The molecular weight excluding hydrogens is 202 g/mol. The summed E-state index contributed by atoms with van der Waals surface area (Å²) in [6, 6.07) is 0.566. The van der Waals surface area contributed by atoms with E-state index in [0.717, 1.165) is 11.7 Å². The summed E-state index contributed by atoms with van der Waals surface area (Å²) in [5.74, 6) is 2.33. The molecular formula is C12H21N3O. The second-order valence-electron chi connectivity index (χ2n) is 5.77. The maximum absolute atomic E-state index is 5.24. The van der Waals surface area contributed by atoms with Crippen LogP contribution in [0.15, 0.2) is 4.52 Å². The van der Waals surface area contributed by atoms with E-state index < -0.39 is 0 Å². The van der Waals surface area contributed by atoms with Gasteiger partial charge < -0.3 is 9.84 Å². The van der Waals surface area contributed by atoms with E-state index in [2.05, 4.69) is 43.2 Å². The first-order chi connectivity index (χ1) is 7.47. The summed E-state index contributed by atoms with van der Waals surface area (Å²) in [5, 5.41) is 7.43. The van der Waals surface area contributed by atoms with Crippen LogP contribution in [0.25, 0.3) is 0 Å². The van der Waals surface area contributed by atoms with Crippen molar-refractivity contribution in [3.63, 3.8) is 0 Å². The average molecular weight is 223 g/mol. The highest BCUT2D eigenvalue weighted by molar-refractivity contribution is 4.98. The van der Waals surface area contributed by atoms with Crippen molar-refractivity contribution in [3.8, 4) is 0 Å². The van der Waals surface area contributed by atoms with E-state index in [0.29, 0.717) is 18.5 Å². The van der Waals surface area contributed by atoms with Crippen molar-refractivity contribution in [2.75, 3.05) is 0 Å². The second kappa shape index (κ2) is 4.17. The van der Waals surface area contributed by atoms with Crippen molar-refractivity contribution in [2.45, 2.75) is 58.5 Å². The molecule has 4 heteroatoms. The van der Waals surface area contributed by atoms with Gasteiger partial charge in [0.1, 0.15) is 0 Å². The highest BCUT2D eigenvalue weighted by Gasteiger charge is 2.28. The van der Waals surface area contributed by atoms with Crippen LogP contribution in [-0.4, -0.2) is 16.2 Å². The lowest BCUT2D eigenvalue weighted by atomic mass is 9.97. The molecule has 16 heavy (non-hydrogen) atoms. The van der Waals surface area contributed by atoms with E-state index >= 15 is 0 Å². The number of aromatic nitrogens is 2. The van der Waals surface area contributed by atoms with Gasteiger partial charge in [0.2, 0.25) is 5.89 Å². The Labute approximate surface area is 96.8 Å². The summed E-state index contributed by atoms with van der Waals surface area (Å²) < 4.78 is 5.24. The van der Waals surface area contributed by atoms with Crippen LogP contribution in [0.5, 0.6) is 0 Å². The van der Waals surface area contributed by atoms with Crippen LogP contribution in [0, 0.1) is 5.92 Å². The minimum absolute atomic E-state index is 0.0621. The zero-order chi connectivity index (χ0) is 11.8. The highest BCUT2D eigenvalue weighted by Crippen LogP contribution is 2.32. The summed E-state index contributed by atoms with van der Waals surface area (Å²) in [6.07, 6.45) is 2.71. The number of nitrogens with one attached hydrogen (secondary N) is 1. The topological polar surface area (TPSA) is 51.0 Å². The van der Waals surface area contributed by atoms with E-state index in [1.165, 1.54) is 12.8 Å². The van der Waals surface area contributed by atoms with Gasteiger partial charge >= 0.3 is 0 Å². The maximum Gasteiger partial charge on any atom is 0.232 e. The first-order valence-electron chi connectivity index (χ1n) is 6.03. The fourth-order valence-corrected chi connectivity index (χ4v) is 1.65. The summed E-state index contributed by atoms with van der Waals surface area (Å²) in [5.41, 5.74) is -0.0621. The molecule has 1 unspecified atom stereocenters. The highest BCUT2D eigenvalue weighted by atomic mass is 16.5. The van der Waals surface area contributed by atoms with Gasteiger partial charge in [-0.05, 0) is 25.7 Å². The fourth-order valence-electron chi connectivity index (χ4n) is 1.65. The van der Waals surface area contributed by atoms with Gasteiger partial charge in [-0.1, -0.05) is 25.9 Å². The molecule has 1 N–H and O–H groups in total. The molecule has 0 aliphatic heterocycles. The fraction of sp³-hybridized carbons (Fsp3) is 0.833. The van der Waals surface area contributed by atoms with Gasteiger partial charge in [-0.15, -0.1) is 0 Å². The second-order valence-corrected chi connectivity index (χ2v) is 5.77. The Morgan fingerprint density at radius 3 is 2.62 bits per heavy atom. The van der Waals surface area contributed by atoms with Gasteiger partial charge in [-0.25, -0.2) is 0 Å². The Morgan fingerprint density at radius 2 is 2.12 bits per heavy atom. The van der Waals surface area contributed by atoms with Gasteiger partial charge in [0.05, 0.1) is 6.54 Å². The van der Waals surface area contributed by atoms with Crippen LogP contribution < -0.4 is 5.32 Å². The molecule has 0 saturated heterocycles. The molecule has 2 rings (SSSR count). The Balaban J connectivity index is 1.87. The van der Waals surface area contributed by atoms with Crippen molar-refractivity contribution in [1.82, 2.24) is 15.5 Å². The third-order valence-corrected chi connectivity index (χ3v) is 3.02. The SMILES string of the molecule is CC(NCc1noc(C(C)(C)C)n1)C1CC1. The maximum atomic E-state index is 5.24. The minimum Gasteiger partial charge on any atom is -0.339 e. The Kier molecular flexibility index (Phi) is 3.02. The lowest BCUT2D eigenvalue weighted by Gasteiger charge is -2.11. The monoisotopic (exact) mass is 223 g/mol. The van der Waals surface area contributed by atoms with E-state index in [-0.39, 0.29) is 5.41 Å². The molecule has 0 aromatic carbocycles. The van der Waals surface area contributed by atoms with Crippen LogP contribution in [0.2, 0.25) is 0 Å². The van der Waals surface area contributed by atoms with Crippen molar-refractivity contribution >= 4 is 0 Å². The van der Waals surface area contributed by atoms with E-state index in [4.69, 9.17) is 4.52 Å². The summed E-state index contributed by atoms with van der Waals surface area (Å²) in [6.45, 7) is 9.15. The van der Waals surface area contributed by atoms with Crippen LogP contribution >= 0.6 is 0 Å². The minimum atomic E-state index is -0.0621. The van der Waals surface area contributed by atoms with Gasteiger partial charge in [-0.3, -0.25) is 0 Å². The lowest BCUT2D eigenvalue weighted by Crippen LogP contribution is -2.27. The average Bonchev–Trinajstić information content (AvgIpc) is 2.92. The molecule has 0 bridgehead atoms. The van der Waals surface area contributed by atoms with Crippen LogP contribution in [0.1, 0.15) is 52.3 Å². The molecule has 1 aromatic rings. The van der Waals surface area contributed by atoms with E-state index in [9.17, 15) is 0 Å². The molecule has 1 aliphatic carbocycles. The number of nitrogens with zero attached hydrogens (tertiary/aromatic N) is 2. The molecule has 1 heterocycles. The van der Waals surface area contributed by atoms with Gasteiger partial charge in [0, 0.05) is 11.5 Å². The largest absolute Gasteiger partial charge is 0.339 e. The Bertz CT molecular complexity index is 349. The van der Waals surface area contributed by atoms with Gasteiger partial charge in [-0.2, -0.15) is 4.98 Å². The standard InChI is InChI=1S/C12H21N3O/c1-8(9-5-6-9)13-7-10-14-11(16-15-10)12(2,3)4/h8-9,13H,5-7H2,1-4H3. The van der Waals surface area contributed by atoms with Crippen molar-refractivity contribution in [2.24, 2.45) is 5.92 Å². The molecule has 4 nitrogen and oxygen atoms in total. The van der Waals surface area contributed by atoms with E-state index in [1.807, 2.05) is 0 Å². The molecule has 0 amide bonds. The summed E-state index contributed by atoms with van der Waals surface area (Å²) in [7, 11) is 0. The van der Waals surface area contributed by atoms with Crippen LogP contribution in [-0.2, 0) is 12.0 Å². The molecule has 1 aliphatic rings. The third-order valence-electron chi connectivity index (χ3n) is 3.02. The quantitative estimate of drug-likeness (QED) is 0.850. The summed E-state index contributed by atoms with van der Waals surface area (Å²) in [4.78, 5) is 4.39. The van der Waals surface area contributed by atoms with Crippen LogP contribution in [0.3, 0.4) is 0 Å². The third kappa shape index (κ3) is 2.82. The van der Waals surface area contributed by atoms with Crippen LogP contribution in [0.4, 0.5) is 0 Å². The van der Waals surface area contributed by atoms with Crippen molar-refractivity contribution in [1.29, 1.82) is 0 Å². The molecule has 1 fully saturated rings. The van der Waals surface area contributed by atoms with Crippen molar-refractivity contribution < 1.29 is 4.52 Å². The molecule has 1 atom stereocenters. The lowest BCUT2D eigenvalue weighted by molar-refractivity contribution is 0.317. The van der Waals surface area contributed by atoms with Gasteiger partial charge in [0.25, 0.3) is 0 Å². The molecule has 0 spiro atoms. The van der Waals surface area contributed by atoms with Gasteiger partial charge in [0.15, 0.2) is 5.82 Å². The number of hydrogen-bond acceptors (Lipinski definition) is 4. The predicted octanol–water partition coefficient (Wildman–Crippen LogP) is 2.26. The zero-order valence-corrected chi connectivity index (χ0v) is 10.6. The first kappa shape index (κ1) is 11.6. The first-order valence-corrected chi connectivity index (χ1v) is 6.03. The summed E-state index contributed by atoms with van der Waals surface area (Å²) >= 11 is 0. The van der Waals surface area contributed by atoms with E-state index in [1.54, 1.807) is 0 Å². The molecule has 0 radical (unpaired) electrons. The Hall–Kier alpha value is -0.900. The molecule has 1 saturated carbocycles. The number of hydrogen-bond donors (Lipinski definition) is 1. The smallest absolute Gasteiger partial charge is 0.232 e. The molecule has 1 aromatic heterocycles. The molecule has 90 valence electrons. The zero-order valence-electron chi connectivity index (χ0n) is 10.6. The van der Waals surface area contributed by atoms with Crippen molar-refractivity contribution in [3.05, 3.63) is 11.7 Å². The number of rotatable bonds is 4. The predicted molar refractivity (Wildman–Crippen MR) is 62.0 cm³/mol.